The van der Waals surface area contributed by atoms with Crippen LogP contribution in [0.2, 0.25) is 5.02 Å². The number of fused-ring (bicyclic) bond motifs is 1. The Bertz CT molecular complexity index is 960. The molecule has 1 atom stereocenters. The van der Waals surface area contributed by atoms with E-state index in [1.807, 2.05) is 0 Å². The topological polar surface area (TPSA) is 71.6 Å². The maximum atomic E-state index is 13.1. The van der Waals surface area contributed by atoms with Gasteiger partial charge in [-0.3, -0.25) is 9.59 Å². The third-order valence-corrected chi connectivity index (χ3v) is 4.59. The monoisotopic (exact) mass is 411 g/mol. The molecule has 5 nitrogen and oxygen atoms in total. The lowest BCUT2D eigenvalue weighted by Gasteiger charge is -2.30. The van der Waals surface area contributed by atoms with Crippen molar-refractivity contribution in [3.63, 3.8) is 0 Å². The second-order valence-corrected chi connectivity index (χ2v) is 6.46. The van der Waals surface area contributed by atoms with Crippen LogP contribution in [0, 0.1) is 0 Å². The van der Waals surface area contributed by atoms with E-state index >= 15 is 0 Å². The molecule has 1 heterocycles. The Morgan fingerprint density at radius 2 is 1.89 bits per heavy atom. The van der Waals surface area contributed by atoms with Crippen LogP contribution in [0.1, 0.15) is 27.4 Å². The van der Waals surface area contributed by atoms with Gasteiger partial charge in [-0.05, 0) is 29.8 Å². The number of aliphatic hydroxyl groups excluding tert-OH is 1. The summed E-state index contributed by atoms with van der Waals surface area (Å²) in [5, 5.41) is 8.76. The third kappa shape index (κ3) is 3.65. The Kier molecular flexibility index (Phi) is 5.53. The SMILES string of the molecule is O=C1c2ccccc2[C@@H](C=[NH+]CCO)C(=O)N1c1cc(C(F)(F)F)ccc1Cl. The molecule has 0 fully saturated rings. The van der Waals surface area contributed by atoms with Gasteiger partial charge in [0.05, 0.1) is 16.3 Å². The van der Waals surface area contributed by atoms with Crippen molar-refractivity contribution >= 4 is 35.3 Å². The van der Waals surface area contributed by atoms with Crippen LogP contribution in [0.3, 0.4) is 0 Å². The quantitative estimate of drug-likeness (QED) is 0.595. The number of amides is 2. The maximum absolute atomic E-state index is 13.1. The summed E-state index contributed by atoms with van der Waals surface area (Å²) in [4.78, 5) is 29.4. The van der Waals surface area contributed by atoms with Crippen molar-refractivity contribution < 1.29 is 32.9 Å². The smallest absolute Gasteiger partial charge is 0.390 e. The Labute approximate surface area is 163 Å². The van der Waals surface area contributed by atoms with E-state index in [4.69, 9.17) is 16.7 Å². The fourth-order valence-electron chi connectivity index (χ4n) is 2.97. The summed E-state index contributed by atoms with van der Waals surface area (Å²) in [7, 11) is 0. The molecule has 9 heteroatoms. The Morgan fingerprint density at radius 3 is 2.57 bits per heavy atom. The highest BCUT2D eigenvalue weighted by atomic mass is 35.5. The molecule has 2 aromatic carbocycles. The molecule has 2 aromatic rings. The van der Waals surface area contributed by atoms with Crippen molar-refractivity contribution in [1.29, 1.82) is 0 Å². The highest BCUT2D eigenvalue weighted by Gasteiger charge is 2.42. The van der Waals surface area contributed by atoms with Gasteiger partial charge in [-0.2, -0.15) is 13.2 Å². The number of anilines is 1. The van der Waals surface area contributed by atoms with E-state index in [1.165, 1.54) is 12.3 Å². The largest absolute Gasteiger partial charge is 0.416 e. The fourth-order valence-corrected chi connectivity index (χ4v) is 3.17. The van der Waals surface area contributed by atoms with E-state index in [0.717, 1.165) is 12.1 Å². The first-order valence-corrected chi connectivity index (χ1v) is 8.65. The summed E-state index contributed by atoms with van der Waals surface area (Å²) in [5.74, 6) is -2.44. The molecule has 0 aromatic heterocycles. The molecule has 2 amide bonds. The molecule has 1 aliphatic heterocycles. The summed E-state index contributed by atoms with van der Waals surface area (Å²) in [6.45, 7) is -0.00856. The van der Waals surface area contributed by atoms with E-state index in [0.29, 0.717) is 16.5 Å². The van der Waals surface area contributed by atoms with Gasteiger partial charge in [-0.15, -0.1) is 0 Å². The molecule has 1 aliphatic rings. The molecule has 3 rings (SSSR count). The second-order valence-electron chi connectivity index (χ2n) is 6.05. The lowest BCUT2D eigenvalue weighted by atomic mass is 9.88. The lowest BCUT2D eigenvalue weighted by molar-refractivity contribution is -0.456. The summed E-state index contributed by atoms with van der Waals surface area (Å²) >= 11 is 6.04. The summed E-state index contributed by atoms with van der Waals surface area (Å²) in [6.07, 6.45) is -3.26. The Balaban J connectivity index is 2.15. The van der Waals surface area contributed by atoms with Gasteiger partial charge < -0.3 is 5.11 Å². The molecule has 0 radical (unpaired) electrons. The van der Waals surface area contributed by atoms with Crippen LogP contribution in [0.15, 0.2) is 42.5 Å². The molecule has 2 N–H and O–H groups in total. The molecule has 0 spiro atoms. The van der Waals surface area contributed by atoms with E-state index in [2.05, 4.69) is 4.99 Å². The van der Waals surface area contributed by atoms with Gasteiger partial charge in [0, 0.05) is 5.56 Å². The first kappa shape index (κ1) is 20.0. The van der Waals surface area contributed by atoms with Gasteiger partial charge in [-0.25, -0.2) is 9.89 Å². The van der Waals surface area contributed by atoms with Crippen LogP contribution < -0.4 is 9.89 Å². The van der Waals surface area contributed by atoms with E-state index in [1.54, 1.807) is 18.2 Å². The molecule has 0 bridgehead atoms. The molecule has 0 unspecified atom stereocenters. The average Bonchev–Trinajstić information content (AvgIpc) is 2.65. The zero-order valence-corrected chi connectivity index (χ0v) is 15.1. The number of imide groups is 1. The zero-order valence-electron chi connectivity index (χ0n) is 14.3. The molecule has 0 saturated heterocycles. The molecule has 146 valence electrons. The van der Waals surface area contributed by atoms with Crippen molar-refractivity contribution in [2.75, 3.05) is 18.1 Å². The number of nitrogens with one attached hydrogen (secondary N) is 1. The van der Waals surface area contributed by atoms with E-state index < -0.39 is 29.5 Å². The van der Waals surface area contributed by atoms with Crippen molar-refractivity contribution in [3.8, 4) is 0 Å². The number of hydrogen-bond acceptors (Lipinski definition) is 3. The van der Waals surface area contributed by atoms with Gasteiger partial charge in [0.1, 0.15) is 12.5 Å². The highest BCUT2D eigenvalue weighted by Crippen LogP contribution is 2.39. The summed E-state index contributed by atoms with van der Waals surface area (Å²) < 4.78 is 39.3. The summed E-state index contributed by atoms with van der Waals surface area (Å²) in [6, 6.07) is 8.80. The van der Waals surface area contributed by atoms with E-state index in [9.17, 15) is 22.8 Å². The number of nitrogens with zero attached hydrogens (tertiary/aromatic N) is 1. The number of hydrogen-bond donors (Lipinski definition) is 2. The van der Waals surface area contributed by atoms with Crippen LogP contribution >= 0.6 is 11.6 Å². The average molecular weight is 412 g/mol. The molecular weight excluding hydrogens is 397 g/mol. The predicted molar refractivity (Wildman–Crippen MR) is 96.4 cm³/mol. The first-order chi connectivity index (χ1) is 13.3. The van der Waals surface area contributed by atoms with Crippen molar-refractivity contribution in [2.24, 2.45) is 0 Å². The van der Waals surface area contributed by atoms with Crippen molar-refractivity contribution in [3.05, 3.63) is 64.2 Å². The van der Waals surface area contributed by atoms with Gasteiger partial charge in [0.15, 0.2) is 12.8 Å². The minimum Gasteiger partial charge on any atom is -0.390 e. The standard InChI is InChI=1S/C19H14ClF3N2O3/c20-15-6-5-11(19(21,22)23)9-16(15)25-17(27)13-4-2-1-3-12(13)14(18(25)28)10-24-7-8-26/h1-6,9-10,14,26H,7-8H2/p+1/t14-/m1/s1. The number of carbonyl (C=O) groups is 2. The third-order valence-electron chi connectivity index (χ3n) is 4.27. The zero-order chi connectivity index (χ0) is 20.5. The number of halogens is 4. The fraction of sp³-hybridized carbons (Fsp3) is 0.211. The van der Waals surface area contributed by atoms with Crippen LogP contribution in [0.5, 0.6) is 0 Å². The van der Waals surface area contributed by atoms with Crippen LogP contribution in [0.4, 0.5) is 18.9 Å². The van der Waals surface area contributed by atoms with E-state index in [-0.39, 0.29) is 29.4 Å². The minimum absolute atomic E-state index is 0.156. The van der Waals surface area contributed by atoms with Crippen LogP contribution in [0.25, 0.3) is 0 Å². The van der Waals surface area contributed by atoms with Crippen molar-refractivity contribution in [2.45, 2.75) is 12.1 Å². The molecule has 0 saturated carbocycles. The second kappa shape index (κ2) is 7.73. The number of aliphatic hydroxyl groups is 1. The Hall–Kier alpha value is -2.71. The van der Waals surface area contributed by atoms with Crippen LogP contribution in [-0.2, 0) is 11.0 Å². The molecule has 28 heavy (non-hydrogen) atoms. The molecular formula is C19H15ClF3N2O3+. The van der Waals surface area contributed by atoms with Gasteiger partial charge in [0.25, 0.3) is 11.8 Å². The summed E-state index contributed by atoms with van der Waals surface area (Å²) in [5.41, 5.74) is -0.753. The maximum Gasteiger partial charge on any atom is 0.416 e. The van der Waals surface area contributed by atoms with Crippen LogP contribution in [-0.4, -0.2) is 36.3 Å². The highest BCUT2D eigenvalue weighted by molar-refractivity contribution is 6.37. The van der Waals surface area contributed by atoms with Gasteiger partial charge >= 0.3 is 6.18 Å². The molecule has 0 aliphatic carbocycles. The van der Waals surface area contributed by atoms with Crippen molar-refractivity contribution in [1.82, 2.24) is 0 Å². The number of rotatable bonds is 4. The first-order valence-electron chi connectivity index (χ1n) is 8.27. The number of alkyl halides is 3. The number of carbonyl (C=O) groups excluding carboxylic acids is 2. The van der Waals surface area contributed by atoms with Gasteiger partial charge in [-0.1, -0.05) is 29.8 Å². The lowest BCUT2D eigenvalue weighted by Crippen LogP contribution is -2.71. The predicted octanol–water partition coefficient (Wildman–Crippen LogP) is 1.77. The normalized spacial score (nSPS) is 17.3. The minimum atomic E-state index is -4.66. The van der Waals surface area contributed by atoms with Gasteiger partial charge in [0.2, 0.25) is 0 Å². The number of benzene rings is 2. The Morgan fingerprint density at radius 1 is 1.18 bits per heavy atom.